The zero-order valence-electron chi connectivity index (χ0n) is 17.9. The third-order valence-electron chi connectivity index (χ3n) is 4.98. The molecule has 4 rings (SSSR count). The number of aromatic nitrogens is 1. The fourth-order valence-electron chi connectivity index (χ4n) is 3.30. The normalized spacial score (nSPS) is 13.2. The highest BCUT2D eigenvalue weighted by Gasteiger charge is 2.19. The molecule has 9 heteroatoms. The van der Waals surface area contributed by atoms with E-state index in [1.165, 1.54) is 16.2 Å². The first kappa shape index (κ1) is 21.8. The molecule has 2 N–H and O–H groups in total. The average Bonchev–Trinajstić information content (AvgIpc) is 3.19. The number of nitrogens with one attached hydrogen (secondary N) is 2. The van der Waals surface area contributed by atoms with Gasteiger partial charge in [-0.25, -0.2) is 4.98 Å². The van der Waals surface area contributed by atoms with Crippen molar-refractivity contribution in [3.05, 3.63) is 64.7 Å². The van der Waals surface area contributed by atoms with Crippen LogP contribution < -0.4 is 20.1 Å². The van der Waals surface area contributed by atoms with Crippen LogP contribution in [-0.4, -0.2) is 49.0 Å². The zero-order valence-corrected chi connectivity index (χ0v) is 18.7. The van der Waals surface area contributed by atoms with Crippen molar-refractivity contribution in [3.63, 3.8) is 0 Å². The predicted molar refractivity (Wildman–Crippen MR) is 124 cm³/mol. The van der Waals surface area contributed by atoms with Crippen molar-refractivity contribution in [1.29, 1.82) is 0 Å². The first-order chi connectivity index (χ1) is 15.5. The van der Waals surface area contributed by atoms with Crippen LogP contribution in [0.25, 0.3) is 0 Å². The van der Waals surface area contributed by atoms with Crippen molar-refractivity contribution in [2.24, 2.45) is 0 Å². The number of carbonyl (C=O) groups is 2. The number of ether oxygens (including phenoxy) is 2. The van der Waals surface area contributed by atoms with Gasteiger partial charge in [0.25, 0.3) is 11.8 Å². The van der Waals surface area contributed by atoms with Crippen molar-refractivity contribution in [1.82, 2.24) is 9.88 Å². The molecular formula is C23H24N4O4S. The molecule has 2 aromatic carbocycles. The number of thiazole rings is 1. The van der Waals surface area contributed by atoms with Crippen LogP contribution in [0.4, 0.5) is 10.8 Å². The Morgan fingerprint density at radius 3 is 2.72 bits per heavy atom. The highest BCUT2D eigenvalue weighted by Crippen LogP contribution is 2.28. The van der Waals surface area contributed by atoms with Crippen molar-refractivity contribution in [3.8, 4) is 11.5 Å². The minimum atomic E-state index is -0.293. The monoisotopic (exact) mass is 452 g/mol. The van der Waals surface area contributed by atoms with Crippen molar-refractivity contribution in [2.75, 3.05) is 37.9 Å². The van der Waals surface area contributed by atoms with Gasteiger partial charge in [-0.15, -0.1) is 11.3 Å². The predicted octanol–water partition coefficient (Wildman–Crippen LogP) is 3.41. The van der Waals surface area contributed by atoms with Gasteiger partial charge in [0.1, 0.15) is 11.5 Å². The van der Waals surface area contributed by atoms with Gasteiger partial charge in [-0.3, -0.25) is 14.9 Å². The summed E-state index contributed by atoms with van der Waals surface area (Å²) in [6, 6.07) is 13.7. The van der Waals surface area contributed by atoms with Gasteiger partial charge in [-0.1, -0.05) is 6.07 Å². The van der Waals surface area contributed by atoms with E-state index in [0.717, 1.165) is 25.2 Å². The van der Waals surface area contributed by atoms with Crippen LogP contribution in [0.3, 0.4) is 0 Å². The van der Waals surface area contributed by atoms with Crippen LogP contribution in [0.2, 0.25) is 0 Å². The van der Waals surface area contributed by atoms with Crippen molar-refractivity contribution >= 4 is 34.0 Å². The van der Waals surface area contributed by atoms with E-state index in [-0.39, 0.29) is 18.4 Å². The van der Waals surface area contributed by atoms with Gasteiger partial charge in [-0.2, -0.15) is 0 Å². The first-order valence-corrected chi connectivity index (χ1v) is 11.0. The summed E-state index contributed by atoms with van der Waals surface area (Å²) in [6.45, 7) is 1.69. The third-order valence-corrected chi connectivity index (χ3v) is 5.98. The Morgan fingerprint density at radius 1 is 1.12 bits per heavy atom. The Labute approximate surface area is 190 Å². The minimum absolute atomic E-state index is 0.151. The quantitative estimate of drug-likeness (QED) is 0.571. The van der Waals surface area contributed by atoms with Crippen molar-refractivity contribution in [2.45, 2.75) is 13.0 Å². The van der Waals surface area contributed by atoms with Crippen LogP contribution in [0, 0.1) is 0 Å². The smallest absolute Gasteiger partial charge is 0.262 e. The minimum Gasteiger partial charge on any atom is -0.497 e. The summed E-state index contributed by atoms with van der Waals surface area (Å²) in [5.74, 6) is 0.628. The van der Waals surface area contributed by atoms with Gasteiger partial charge in [0.2, 0.25) is 0 Å². The largest absolute Gasteiger partial charge is 0.497 e. The summed E-state index contributed by atoms with van der Waals surface area (Å²) in [7, 11) is 3.64. The standard InChI is InChI=1S/C23H24N4O4S/c1-27-11-10-19-20(13-27)32-23(25-19)26-22(29)15-6-8-17(9-7-15)31-14-21(28)24-16-4-3-5-18(12-16)30-2/h3-9,12H,10-11,13-14H2,1-2H3,(H,24,28)(H,25,26,29). The number of hydrogen-bond acceptors (Lipinski definition) is 7. The van der Waals surface area contributed by atoms with Gasteiger partial charge in [0.05, 0.1) is 12.8 Å². The molecule has 1 aliphatic heterocycles. The Bertz CT molecular complexity index is 1110. The van der Waals surface area contributed by atoms with E-state index < -0.39 is 0 Å². The number of rotatable bonds is 7. The van der Waals surface area contributed by atoms with Crippen LogP contribution in [-0.2, 0) is 17.8 Å². The Kier molecular flexibility index (Phi) is 6.67. The number of methoxy groups -OCH3 is 1. The summed E-state index contributed by atoms with van der Waals surface area (Å²) in [5.41, 5.74) is 2.18. The molecule has 0 spiro atoms. The summed E-state index contributed by atoms with van der Waals surface area (Å²) >= 11 is 1.52. The number of nitrogens with zero attached hydrogens (tertiary/aromatic N) is 2. The van der Waals surface area contributed by atoms with Gasteiger partial charge < -0.3 is 19.7 Å². The second-order valence-corrected chi connectivity index (χ2v) is 8.51. The number of carbonyl (C=O) groups excluding carboxylic acids is 2. The molecule has 1 aliphatic rings. The summed E-state index contributed by atoms with van der Waals surface area (Å²) in [6.07, 6.45) is 0.898. The molecule has 0 aliphatic carbocycles. The maximum absolute atomic E-state index is 12.6. The van der Waals surface area contributed by atoms with Crippen LogP contribution in [0.5, 0.6) is 11.5 Å². The Balaban J connectivity index is 1.29. The molecule has 0 unspecified atom stereocenters. The lowest BCUT2D eigenvalue weighted by molar-refractivity contribution is -0.118. The highest BCUT2D eigenvalue weighted by molar-refractivity contribution is 7.15. The topological polar surface area (TPSA) is 92.8 Å². The number of likely N-dealkylation sites (N-methyl/N-ethyl adjacent to an activating group) is 1. The second-order valence-electron chi connectivity index (χ2n) is 7.42. The number of amides is 2. The van der Waals surface area contributed by atoms with Crippen LogP contribution >= 0.6 is 11.3 Å². The molecule has 1 aromatic heterocycles. The molecule has 2 amide bonds. The number of hydrogen-bond donors (Lipinski definition) is 2. The molecule has 0 fully saturated rings. The molecule has 0 bridgehead atoms. The summed E-state index contributed by atoms with van der Waals surface area (Å²) < 4.78 is 10.7. The first-order valence-electron chi connectivity index (χ1n) is 10.2. The Morgan fingerprint density at radius 2 is 1.94 bits per heavy atom. The average molecular weight is 453 g/mol. The van der Waals surface area contributed by atoms with E-state index in [1.807, 2.05) is 0 Å². The van der Waals surface area contributed by atoms with Gasteiger partial charge in [0.15, 0.2) is 11.7 Å². The SMILES string of the molecule is COc1cccc(NC(=O)COc2ccc(C(=O)Nc3nc4c(s3)CN(C)CC4)cc2)c1. The molecular weight excluding hydrogens is 428 g/mol. The van der Waals surface area contributed by atoms with Crippen LogP contribution in [0.15, 0.2) is 48.5 Å². The van der Waals surface area contributed by atoms with E-state index in [1.54, 1.807) is 55.6 Å². The zero-order chi connectivity index (χ0) is 22.5. The molecule has 32 heavy (non-hydrogen) atoms. The molecule has 8 nitrogen and oxygen atoms in total. The van der Waals surface area contributed by atoms with E-state index in [9.17, 15) is 9.59 Å². The van der Waals surface area contributed by atoms with E-state index in [2.05, 4.69) is 27.6 Å². The van der Waals surface area contributed by atoms with Crippen molar-refractivity contribution < 1.29 is 19.1 Å². The maximum atomic E-state index is 12.6. The highest BCUT2D eigenvalue weighted by atomic mass is 32.1. The fraction of sp³-hybridized carbons (Fsp3) is 0.261. The molecule has 2 heterocycles. The lowest BCUT2D eigenvalue weighted by Gasteiger charge is -2.20. The third kappa shape index (κ3) is 5.43. The fourth-order valence-corrected chi connectivity index (χ4v) is 4.38. The molecule has 166 valence electrons. The van der Waals surface area contributed by atoms with E-state index >= 15 is 0 Å². The molecule has 0 saturated heterocycles. The van der Waals surface area contributed by atoms with E-state index in [4.69, 9.17) is 9.47 Å². The van der Waals surface area contributed by atoms with Gasteiger partial charge in [0, 0.05) is 41.7 Å². The second kappa shape index (κ2) is 9.80. The van der Waals surface area contributed by atoms with Gasteiger partial charge in [-0.05, 0) is 43.4 Å². The summed E-state index contributed by atoms with van der Waals surface area (Å²) in [4.78, 5) is 32.7. The van der Waals surface area contributed by atoms with Crippen LogP contribution in [0.1, 0.15) is 20.9 Å². The molecule has 0 saturated carbocycles. The summed E-state index contributed by atoms with van der Waals surface area (Å²) in [5, 5.41) is 6.24. The maximum Gasteiger partial charge on any atom is 0.262 e. The Hall–Kier alpha value is -3.43. The lowest BCUT2D eigenvalue weighted by Crippen LogP contribution is -2.25. The lowest BCUT2D eigenvalue weighted by atomic mass is 10.2. The molecule has 0 atom stereocenters. The number of anilines is 2. The van der Waals surface area contributed by atoms with E-state index in [0.29, 0.717) is 27.9 Å². The van der Waals surface area contributed by atoms with Gasteiger partial charge >= 0.3 is 0 Å². The number of fused-ring (bicyclic) bond motifs is 1. The molecule has 3 aromatic rings. The molecule has 0 radical (unpaired) electrons. The number of benzene rings is 2.